The van der Waals surface area contributed by atoms with Gasteiger partial charge in [-0.25, -0.2) is 0 Å². The van der Waals surface area contributed by atoms with Crippen LogP contribution >= 0.6 is 23.2 Å². The third-order valence-corrected chi connectivity index (χ3v) is 5.78. The largest absolute Gasteiger partial charge is 0.495 e. The molecule has 2 heterocycles. The molecule has 0 amide bonds. The van der Waals surface area contributed by atoms with E-state index in [1.165, 1.54) is 6.42 Å². The van der Waals surface area contributed by atoms with E-state index in [1.54, 1.807) is 17.9 Å². The quantitative estimate of drug-likeness (QED) is 0.576. The zero-order valence-electron chi connectivity index (χ0n) is 16.5. The van der Waals surface area contributed by atoms with Crippen molar-refractivity contribution >= 4 is 23.2 Å². The van der Waals surface area contributed by atoms with Crippen molar-refractivity contribution < 1.29 is 4.74 Å². The Hall–Kier alpha value is -2.15. The average molecular weight is 432 g/mol. The van der Waals surface area contributed by atoms with Crippen molar-refractivity contribution in [2.75, 3.05) is 20.2 Å². The van der Waals surface area contributed by atoms with Gasteiger partial charge >= 0.3 is 0 Å². The zero-order chi connectivity index (χ0) is 20.4. The molecule has 152 valence electrons. The SMILES string of the molecule is COc1c(Cl)cc(Cl)cc1C(c1nnnn1-c1cccc(C)c1)N1CCCCC1. The number of tetrazole rings is 1. The van der Waals surface area contributed by atoms with Crippen molar-refractivity contribution in [3.05, 3.63) is 63.4 Å². The highest BCUT2D eigenvalue weighted by Crippen LogP contribution is 2.41. The number of methoxy groups -OCH3 is 1. The van der Waals surface area contributed by atoms with Crippen LogP contribution in [-0.4, -0.2) is 45.3 Å². The summed E-state index contributed by atoms with van der Waals surface area (Å²) in [6, 6.07) is 11.5. The van der Waals surface area contributed by atoms with E-state index < -0.39 is 0 Å². The molecule has 0 saturated carbocycles. The number of aromatic nitrogens is 4. The Balaban J connectivity index is 1.89. The van der Waals surface area contributed by atoms with E-state index in [0.29, 0.717) is 21.6 Å². The summed E-state index contributed by atoms with van der Waals surface area (Å²) in [6.07, 6.45) is 3.47. The predicted molar refractivity (Wildman–Crippen MR) is 114 cm³/mol. The minimum atomic E-state index is -0.225. The maximum atomic E-state index is 6.47. The first kappa shape index (κ1) is 20.1. The third kappa shape index (κ3) is 4.10. The molecular weight excluding hydrogens is 409 g/mol. The standard InChI is InChI=1S/C21H23Cl2N5O/c1-14-7-6-8-16(11-14)28-21(24-25-26-28)19(27-9-4-3-5-10-27)17-12-15(22)13-18(23)20(17)29-2/h6-8,11-13,19H,3-5,9-10H2,1-2H3. The van der Waals surface area contributed by atoms with Crippen LogP contribution in [0.4, 0.5) is 0 Å². The topological polar surface area (TPSA) is 56.1 Å². The van der Waals surface area contributed by atoms with Gasteiger partial charge in [0.1, 0.15) is 11.8 Å². The highest BCUT2D eigenvalue weighted by Gasteiger charge is 2.32. The van der Waals surface area contributed by atoms with Crippen LogP contribution in [-0.2, 0) is 0 Å². The summed E-state index contributed by atoms with van der Waals surface area (Å²) >= 11 is 12.9. The number of hydrogen-bond acceptors (Lipinski definition) is 5. The van der Waals surface area contributed by atoms with Crippen LogP contribution in [0, 0.1) is 6.92 Å². The molecule has 1 unspecified atom stereocenters. The molecular formula is C21H23Cl2N5O. The molecule has 6 nitrogen and oxygen atoms in total. The molecule has 1 aromatic heterocycles. The van der Waals surface area contributed by atoms with Gasteiger partial charge in [0, 0.05) is 10.6 Å². The summed E-state index contributed by atoms with van der Waals surface area (Å²) in [7, 11) is 1.62. The highest BCUT2D eigenvalue weighted by molar-refractivity contribution is 6.35. The molecule has 3 aromatic rings. The van der Waals surface area contributed by atoms with E-state index in [-0.39, 0.29) is 6.04 Å². The second-order valence-corrected chi connectivity index (χ2v) is 8.14. The fraction of sp³-hybridized carbons (Fsp3) is 0.381. The van der Waals surface area contributed by atoms with Crippen molar-refractivity contribution in [2.45, 2.75) is 32.2 Å². The summed E-state index contributed by atoms with van der Waals surface area (Å²) in [4.78, 5) is 2.38. The lowest BCUT2D eigenvalue weighted by molar-refractivity contribution is 0.177. The summed E-state index contributed by atoms with van der Waals surface area (Å²) in [6.45, 7) is 3.94. The number of nitrogens with zero attached hydrogens (tertiary/aromatic N) is 5. The van der Waals surface area contributed by atoms with Crippen LogP contribution in [0.2, 0.25) is 10.0 Å². The molecule has 1 aliphatic rings. The Morgan fingerprint density at radius 3 is 2.59 bits per heavy atom. The van der Waals surface area contributed by atoms with Gasteiger partial charge in [0.2, 0.25) is 0 Å². The molecule has 4 rings (SSSR count). The number of ether oxygens (including phenoxy) is 1. The number of piperidine rings is 1. The molecule has 0 aliphatic carbocycles. The Morgan fingerprint density at radius 2 is 1.86 bits per heavy atom. The van der Waals surface area contributed by atoms with Gasteiger partial charge in [0.25, 0.3) is 0 Å². The number of likely N-dealkylation sites (tertiary alicyclic amines) is 1. The average Bonchev–Trinajstić information content (AvgIpc) is 3.18. The molecule has 0 radical (unpaired) electrons. The van der Waals surface area contributed by atoms with Crippen molar-refractivity contribution in [2.24, 2.45) is 0 Å². The summed E-state index contributed by atoms with van der Waals surface area (Å²) in [5.41, 5.74) is 2.93. The van der Waals surface area contributed by atoms with Crippen LogP contribution in [0.15, 0.2) is 36.4 Å². The van der Waals surface area contributed by atoms with E-state index >= 15 is 0 Å². The van der Waals surface area contributed by atoms with E-state index in [9.17, 15) is 0 Å². The molecule has 1 atom stereocenters. The lowest BCUT2D eigenvalue weighted by Crippen LogP contribution is -2.36. The molecule has 1 aliphatic heterocycles. The van der Waals surface area contributed by atoms with Crippen LogP contribution in [0.5, 0.6) is 5.75 Å². The smallest absolute Gasteiger partial charge is 0.178 e. The number of hydrogen-bond donors (Lipinski definition) is 0. The zero-order valence-corrected chi connectivity index (χ0v) is 18.0. The minimum Gasteiger partial charge on any atom is -0.495 e. The van der Waals surface area contributed by atoms with Gasteiger partial charge in [-0.15, -0.1) is 5.10 Å². The lowest BCUT2D eigenvalue weighted by atomic mass is 9.99. The molecule has 0 N–H and O–H groups in total. The van der Waals surface area contributed by atoms with E-state index in [2.05, 4.69) is 39.5 Å². The second kappa shape index (κ2) is 8.69. The number of benzene rings is 2. The van der Waals surface area contributed by atoms with Gasteiger partial charge < -0.3 is 4.74 Å². The molecule has 8 heteroatoms. The maximum absolute atomic E-state index is 6.47. The van der Waals surface area contributed by atoms with Gasteiger partial charge in [0.15, 0.2) is 5.82 Å². The summed E-state index contributed by atoms with van der Waals surface area (Å²) in [5, 5.41) is 13.8. The van der Waals surface area contributed by atoms with Crippen molar-refractivity contribution in [1.29, 1.82) is 0 Å². The van der Waals surface area contributed by atoms with Crippen molar-refractivity contribution in [3.8, 4) is 11.4 Å². The van der Waals surface area contributed by atoms with Gasteiger partial charge in [-0.1, -0.05) is 41.8 Å². The van der Waals surface area contributed by atoms with E-state index in [1.807, 2.05) is 18.2 Å². The van der Waals surface area contributed by atoms with Crippen molar-refractivity contribution in [1.82, 2.24) is 25.1 Å². The van der Waals surface area contributed by atoms with Crippen LogP contribution < -0.4 is 4.74 Å². The van der Waals surface area contributed by atoms with E-state index in [4.69, 9.17) is 27.9 Å². The first-order valence-electron chi connectivity index (χ1n) is 9.71. The predicted octanol–water partition coefficient (Wildman–Crippen LogP) is 4.86. The van der Waals surface area contributed by atoms with Gasteiger partial charge in [-0.2, -0.15) is 4.68 Å². The Kier molecular flexibility index (Phi) is 6.04. The normalized spacial score (nSPS) is 16.0. The Morgan fingerprint density at radius 1 is 1.07 bits per heavy atom. The van der Waals surface area contributed by atoms with E-state index in [0.717, 1.165) is 42.7 Å². The van der Waals surface area contributed by atoms with Gasteiger partial charge in [-0.3, -0.25) is 4.90 Å². The van der Waals surface area contributed by atoms with Crippen LogP contribution in [0.1, 0.15) is 42.3 Å². The summed E-state index contributed by atoms with van der Waals surface area (Å²) < 4.78 is 7.46. The minimum absolute atomic E-state index is 0.225. The Labute approximate surface area is 180 Å². The molecule has 0 bridgehead atoms. The first-order valence-corrected chi connectivity index (χ1v) is 10.5. The third-order valence-electron chi connectivity index (χ3n) is 5.28. The van der Waals surface area contributed by atoms with Gasteiger partial charge in [-0.05, 0) is 73.1 Å². The lowest BCUT2D eigenvalue weighted by Gasteiger charge is -2.34. The van der Waals surface area contributed by atoms with Crippen LogP contribution in [0.3, 0.4) is 0 Å². The van der Waals surface area contributed by atoms with Crippen molar-refractivity contribution in [3.63, 3.8) is 0 Å². The molecule has 1 saturated heterocycles. The Bertz CT molecular complexity index is 1000. The highest BCUT2D eigenvalue weighted by atomic mass is 35.5. The molecule has 1 fully saturated rings. The molecule has 29 heavy (non-hydrogen) atoms. The number of aryl methyl sites for hydroxylation is 1. The fourth-order valence-corrected chi connectivity index (χ4v) is 4.57. The summed E-state index contributed by atoms with van der Waals surface area (Å²) in [5.74, 6) is 1.32. The molecule has 2 aromatic carbocycles. The maximum Gasteiger partial charge on any atom is 0.178 e. The monoisotopic (exact) mass is 431 g/mol. The number of halogens is 2. The second-order valence-electron chi connectivity index (χ2n) is 7.30. The molecule has 0 spiro atoms. The van der Waals surface area contributed by atoms with Gasteiger partial charge in [0.05, 0.1) is 17.8 Å². The first-order chi connectivity index (χ1) is 14.1. The van der Waals surface area contributed by atoms with Crippen LogP contribution in [0.25, 0.3) is 5.69 Å². The number of rotatable bonds is 5. The fourth-order valence-electron chi connectivity index (χ4n) is 3.98.